The van der Waals surface area contributed by atoms with Gasteiger partial charge in [-0.25, -0.2) is 4.79 Å². The Hall–Kier alpha value is -2.50. The summed E-state index contributed by atoms with van der Waals surface area (Å²) in [5.41, 5.74) is 0.958. The molecule has 2 aliphatic rings. The van der Waals surface area contributed by atoms with Crippen LogP contribution < -0.4 is 10.6 Å². The molecule has 1 aliphatic carbocycles. The number of carbonyl (C=O) groups is 3. The lowest BCUT2D eigenvalue weighted by Crippen LogP contribution is -2.53. The molecule has 42 heavy (non-hydrogen) atoms. The van der Waals surface area contributed by atoms with Crippen LogP contribution in [-0.4, -0.2) is 83.9 Å². The molecule has 0 radical (unpaired) electrons. The van der Waals surface area contributed by atoms with Gasteiger partial charge in [0.05, 0.1) is 32.4 Å². The highest BCUT2D eigenvalue weighted by Gasteiger charge is 2.42. The molecule has 4 atom stereocenters. The Morgan fingerprint density at radius 3 is 2.36 bits per heavy atom. The summed E-state index contributed by atoms with van der Waals surface area (Å²) in [6.45, 7) is 4.31. The third-order valence-electron chi connectivity index (χ3n) is 7.80. The maximum Gasteiger partial charge on any atom is 0.405 e. The van der Waals surface area contributed by atoms with E-state index in [2.05, 4.69) is 10.6 Å². The van der Waals surface area contributed by atoms with Gasteiger partial charge in [0, 0.05) is 13.0 Å². The molecule has 4 N–H and O–H groups in total. The maximum atomic E-state index is 13.5. The van der Waals surface area contributed by atoms with Crippen LogP contribution in [0.5, 0.6) is 0 Å². The van der Waals surface area contributed by atoms with Crippen LogP contribution >= 0.6 is 7.60 Å². The van der Waals surface area contributed by atoms with Crippen LogP contribution in [0.15, 0.2) is 30.3 Å². The van der Waals surface area contributed by atoms with E-state index in [1.165, 1.54) is 0 Å². The number of nitrogens with zero attached hydrogens (tertiary/aromatic N) is 1. The highest BCUT2D eigenvalue weighted by molar-refractivity contribution is 7.54. The SMILES string of the molecule is CCOP(=O)(OCC)C(O)C(CCC(=O)N1CCOC(c2ccccc2)C1)NC(=O)C(CC1CCCCC1)NC(=O)O. The lowest BCUT2D eigenvalue weighted by atomic mass is 9.84. The normalized spacial score (nSPS) is 20.4. The minimum absolute atomic E-state index is 0.00649. The van der Waals surface area contributed by atoms with Crippen LogP contribution in [0.3, 0.4) is 0 Å². The molecule has 13 heteroatoms. The van der Waals surface area contributed by atoms with E-state index in [4.69, 9.17) is 13.8 Å². The number of ether oxygens (including phenoxy) is 1. The average molecular weight is 612 g/mol. The molecular formula is C29H46N3O9P. The Balaban J connectivity index is 1.74. The number of carbonyl (C=O) groups excluding carboxylic acids is 2. The van der Waals surface area contributed by atoms with Gasteiger partial charge in [-0.2, -0.15) is 0 Å². The minimum atomic E-state index is -4.10. The molecule has 12 nitrogen and oxygen atoms in total. The molecule has 4 unspecified atom stereocenters. The highest BCUT2D eigenvalue weighted by atomic mass is 31.2. The quantitative estimate of drug-likeness (QED) is 0.214. The molecule has 1 aromatic carbocycles. The van der Waals surface area contributed by atoms with Gasteiger partial charge in [0.15, 0.2) is 5.85 Å². The first-order valence-corrected chi connectivity index (χ1v) is 16.6. The molecule has 0 bridgehead atoms. The van der Waals surface area contributed by atoms with E-state index >= 15 is 0 Å². The minimum Gasteiger partial charge on any atom is -0.465 e. The number of hydrogen-bond acceptors (Lipinski definition) is 8. The summed E-state index contributed by atoms with van der Waals surface area (Å²) in [7, 11) is -4.10. The van der Waals surface area contributed by atoms with Crippen molar-refractivity contribution in [1.82, 2.24) is 15.5 Å². The van der Waals surface area contributed by atoms with Crippen LogP contribution in [0.4, 0.5) is 4.79 Å². The fourth-order valence-corrected chi connectivity index (χ4v) is 7.43. The van der Waals surface area contributed by atoms with Gasteiger partial charge in [-0.3, -0.25) is 14.2 Å². The van der Waals surface area contributed by atoms with Crippen LogP contribution in [0, 0.1) is 5.92 Å². The monoisotopic (exact) mass is 611 g/mol. The van der Waals surface area contributed by atoms with Gasteiger partial charge in [0.25, 0.3) is 0 Å². The highest BCUT2D eigenvalue weighted by Crippen LogP contribution is 2.53. The number of nitrogens with one attached hydrogen (secondary N) is 2. The molecule has 1 aromatic rings. The van der Waals surface area contributed by atoms with Crippen molar-refractivity contribution >= 4 is 25.5 Å². The largest absolute Gasteiger partial charge is 0.465 e. The van der Waals surface area contributed by atoms with Crippen molar-refractivity contribution in [2.45, 2.75) is 89.2 Å². The zero-order valence-electron chi connectivity index (χ0n) is 24.6. The van der Waals surface area contributed by atoms with Crippen molar-refractivity contribution in [1.29, 1.82) is 0 Å². The van der Waals surface area contributed by atoms with E-state index in [-0.39, 0.29) is 44.0 Å². The summed E-state index contributed by atoms with van der Waals surface area (Å²) in [6.07, 6.45) is 3.52. The number of carboxylic acid groups (broad SMARTS) is 1. The molecular weight excluding hydrogens is 565 g/mol. The number of aliphatic hydroxyl groups is 1. The van der Waals surface area contributed by atoms with E-state index in [1.807, 2.05) is 30.3 Å². The van der Waals surface area contributed by atoms with Crippen molar-refractivity contribution in [2.75, 3.05) is 32.9 Å². The first-order chi connectivity index (χ1) is 20.2. The molecule has 3 amide bonds. The molecule has 1 saturated carbocycles. The molecule has 0 spiro atoms. The Morgan fingerprint density at radius 1 is 1.07 bits per heavy atom. The first-order valence-electron chi connectivity index (χ1n) is 15.0. The lowest BCUT2D eigenvalue weighted by molar-refractivity contribution is -0.139. The van der Waals surface area contributed by atoms with Crippen LogP contribution in [0.1, 0.15) is 76.9 Å². The third-order valence-corrected chi connectivity index (χ3v) is 10.0. The van der Waals surface area contributed by atoms with Crippen molar-refractivity contribution in [2.24, 2.45) is 5.92 Å². The van der Waals surface area contributed by atoms with E-state index in [1.54, 1.807) is 18.7 Å². The number of morpholine rings is 1. The summed E-state index contributed by atoms with van der Waals surface area (Å²) in [5.74, 6) is -2.45. The molecule has 3 rings (SSSR count). The van der Waals surface area contributed by atoms with Gasteiger partial charge in [-0.1, -0.05) is 62.4 Å². The summed E-state index contributed by atoms with van der Waals surface area (Å²) >= 11 is 0. The molecule has 1 saturated heterocycles. The molecule has 0 aromatic heterocycles. The predicted molar refractivity (Wildman–Crippen MR) is 156 cm³/mol. The van der Waals surface area contributed by atoms with Crippen LogP contribution in [-0.2, 0) is 27.9 Å². The predicted octanol–water partition coefficient (Wildman–Crippen LogP) is 4.04. The fourth-order valence-electron chi connectivity index (χ4n) is 5.67. The summed E-state index contributed by atoms with van der Waals surface area (Å²) < 4.78 is 30.0. The van der Waals surface area contributed by atoms with Gasteiger partial charge >= 0.3 is 13.7 Å². The van der Waals surface area contributed by atoms with E-state index < -0.39 is 37.5 Å². The number of hydrogen-bond donors (Lipinski definition) is 4. The van der Waals surface area contributed by atoms with Crippen LogP contribution in [0.25, 0.3) is 0 Å². The maximum absolute atomic E-state index is 13.5. The van der Waals surface area contributed by atoms with Gasteiger partial charge in [0.1, 0.15) is 12.1 Å². The standard InChI is InChI=1S/C29H46N3O9P/c1-3-40-42(38,41-4-2)28(35)23(30-27(34)24(31-29(36)37)19-21-11-7-5-8-12-21)15-16-26(33)32-17-18-39-25(20-32)22-13-9-6-10-14-22/h6,9-10,13-14,21,23-25,28,31,35H,3-5,7-8,11-12,15-20H2,1-2H3,(H,30,34)(H,36,37). The van der Waals surface area contributed by atoms with Gasteiger partial charge in [0.2, 0.25) is 11.8 Å². The zero-order chi connectivity index (χ0) is 30.5. The number of rotatable bonds is 15. The van der Waals surface area contributed by atoms with Crippen LogP contribution in [0.2, 0.25) is 0 Å². The van der Waals surface area contributed by atoms with Crippen molar-refractivity contribution in [3.8, 4) is 0 Å². The van der Waals surface area contributed by atoms with Crippen molar-refractivity contribution < 1.29 is 42.9 Å². The Kier molecular flexibility index (Phi) is 13.7. The third kappa shape index (κ3) is 10.1. The second-order valence-corrected chi connectivity index (χ2v) is 12.9. The van der Waals surface area contributed by atoms with Gasteiger partial charge in [-0.15, -0.1) is 0 Å². The smallest absolute Gasteiger partial charge is 0.405 e. The molecule has 236 valence electrons. The number of benzene rings is 1. The molecule has 1 heterocycles. The molecule has 2 fully saturated rings. The number of aliphatic hydroxyl groups excluding tert-OH is 1. The van der Waals surface area contributed by atoms with E-state index in [0.29, 0.717) is 26.1 Å². The average Bonchev–Trinajstić information content (AvgIpc) is 2.99. The van der Waals surface area contributed by atoms with Crippen molar-refractivity contribution in [3.63, 3.8) is 0 Å². The summed E-state index contributed by atoms with van der Waals surface area (Å²) in [4.78, 5) is 39.9. The Labute approximate surface area is 248 Å². The zero-order valence-corrected chi connectivity index (χ0v) is 25.5. The molecule has 1 aliphatic heterocycles. The Bertz CT molecular complexity index is 1040. The fraction of sp³-hybridized carbons (Fsp3) is 0.690. The lowest BCUT2D eigenvalue weighted by Gasteiger charge is -2.34. The van der Waals surface area contributed by atoms with Gasteiger partial charge in [-0.05, 0) is 38.2 Å². The first kappa shape index (κ1) is 34.0. The summed E-state index contributed by atoms with van der Waals surface area (Å²) in [5, 5.41) is 25.6. The summed E-state index contributed by atoms with van der Waals surface area (Å²) in [6, 6.07) is 7.34. The van der Waals surface area contributed by atoms with E-state index in [9.17, 15) is 29.2 Å². The van der Waals surface area contributed by atoms with E-state index in [0.717, 1.165) is 37.7 Å². The van der Waals surface area contributed by atoms with Crippen molar-refractivity contribution in [3.05, 3.63) is 35.9 Å². The topological polar surface area (TPSA) is 164 Å². The second kappa shape index (κ2) is 17.0. The second-order valence-electron chi connectivity index (χ2n) is 10.8. The number of amides is 3. The van der Waals surface area contributed by atoms with Gasteiger partial charge < -0.3 is 39.5 Å². The Morgan fingerprint density at radius 2 is 1.74 bits per heavy atom.